The Morgan fingerprint density at radius 1 is 1.33 bits per heavy atom. The minimum atomic E-state index is -3.73. The van der Waals surface area contributed by atoms with Gasteiger partial charge in [-0.1, -0.05) is 0 Å². The Hall–Kier alpha value is -1.75. The third-order valence-corrected chi connectivity index (χ3v) is 5.03. The second-order valence-electron chi connectivity index (χ2n) is 4.45. The average Bonchev–Trinajstić information content (AvgIpc) is 2.75. The molecule has 1 heterocycles. The smallest absolute Gasteiger partial charge is 0.293 e. The predicted molar refractivity (Wildman–Crippen MR) is 75.1 cm³/mol. The van der Waals surface area contributed by atoms with Crippen LogP contribution in [0.15, 0.2) is 23.1 Å². The maximum atomic E-state index is 12.5. The zero-order valence-corrected chi connectivity index (χ0v) is 12.0. The van der Waals surface area contributed by atoms with Gasteiger partial charge < -0.3 is 10.2 Å². The molecule has 1 saturated heterocycles. The number of nitrogens with two attached hydrogens (primary N) is 1. The molecule has 0 bridgehead atoms. The molecule has 2 rings (SSSR count). The van der Waals surface area contributed by atoms with E-state index in [0.29, 0.717) is 26.2 Å². The molecule has 1 aliphatic rings. The molecule has 0 spiro atoms. The summed E-state index contributed by atoms with van der Waals surface area (Å²) in [5.74, 6) is 5.22. The van der Waals surface area contributed by atoms with Crippen LogP contribution in [0.1, 0.15) is 6.42 Å². The molecule has 0 saturated carbocycles. The molecule has 10 heteroatoms. The first-order valence-electron chi connectivity index (χ1n) is 6.30. The number of nitro benzene ring substituents is 1. The van der Waals surface area contributed by atoms with Gasteiger partial charge in [0.1, 0.15) is 5.69 Å². The highest BCUT2D eigenvalue weighted by Crippen LogP contribution is 2.28. The molecule has 116 valence electrons. The van der Waals surface area contributed by atoms with E-state index in [4.69, 9.17) is 10.6 Å². The van der Waals surface area contributed by atoms with E-state index in [1.165, 1.54) is 16.4 Å². The van der Waals surface area contributed by atoms with E-state index in [9.17, 15) is 18.5 Å². The van der Waals surface area contributed by atoms with Crippen LogP contribution >= 0.6 is 0 Å². The number of anilines is 1. The van der Waals surface area contributed by atoms with Crippen LogP contribution < -0.4 is 11.3 Å². The molecular weight excluding hydrogens is 300 g/mol. The van der Waals surface area contributed by atoms with E-state index in [-0.39, 0.29) is 22.8 Å². The van der Waals surface area contributed by atoms with Crippen LogP contribution in [0.2, 0.25) is 0 Å². The van der Waals surface area contributed by atoms with Gasteiger partial charge in [0.15, 0.2) is 0 Å². The van der Waals surface area contributed by atoms with Gasteiger partial charge in [-0.25, -0.2) is 8.42 Å². The van der Waals surface area contributed by atoms with Gasteiger partial charge in [-0.3, -0.25) is 16.0 Å². The van der Waals surface area contributed by atoms with Crippen molar-refractivity contribution in [3.63, 3.8) is 0 Å². The van der Waals surface area contributed by atoms with Crippen molar-refractivity contribution in [2.24, 2.45) is 5.84 Å². The van der Waals surface area contributed by atoms with Crippen LogP contribution in [0.4, 0.5) is 11.4 Å². The molecule has 3 N–H and O–H groups in total. The SMILES string of the molecule is NNc1cc(S(=O)(=O)N2CCCOCC2)ccc1[N+](=O)[O-]. The zero-order chi connectivity index (χ0) is 15.5. The number of rotatable bonds is 4. The molecule has 21 heavy (non-hydrogen) atoms. The van der Waals surface area contributed by atoms with Crippen LogP contribution in [0, 0.1) is 10.1 Å². The lowest BCUT2D eigenvalue weighted by Crippen LogP contribution is -2.33. The van der Waals surface area contributed by atoms with Crippen molar-refractivity contribution in [2.45, 2.75) is 11.3 Å². The standard InChI is InChI=1S/C11H16N4O5S/c12-13-10-8-9(2-3-11(10)15(16)17)21(18,19)14-4-1-6-20-7-5-14/h2-3,8,13H,1,4-7,12H2. The third-order valence-electron chi connectivity index (χ3n) is 3.14. The summed E-state index contributed by atoms with van der Waals surface area (Å²) in [6.07, 6.45) is 0.605. The fourth-order valence-electron chi connectivity index (χ4n) is 2.06. The van der Waals surface area contributed by atoms with Crippen molar-refractivity contribution in [3.8, 4) is 0 Å². The van der Waals surface area contributed by atoms with Crippen molar-refractivity contribution >= 4 is 21.4 Å². The van der Waals surface area contributed by atoms with Crippen molar-refractivity contribution in [1.82, 2.24) is 4.31 Å². The van der Waals surface area contributed by atoms with Gasteiger partial charge in [0.25, 0.3) is 5.69 Å². The Balaban J connectivity index is 2.37. The van der Waals surface area contributed by atoms with Gasteiger partial charge in [-0.05, 0) is 18.6 Å². The molecule has 0 amide bonds. The largest absolute Gasteiger partial charge is 0.380 e. The molecule has 0 radical (unpaired) electrons. The summed E-state index contributed by atoms with van der Waals surface area (Å²) in [5.41, 5.74) is 1.82. The highest BCUT2D eigenvalue weighted by molar-refractivity contribution is 7.89. The lowest BCUT2D eigenvalue weighted by Gasteiger charge is -2.19. The first-order chi connectivity index (χ1) is 9.96. The van der Waals surface area contributed by atoms with Gasteiger partial charge in [-0.15, -0.1) is 0 Å². The summed E-state index contributed by atoms with van der Waals surface area (Å²) >= 11 is 0. The van der Waals surface area contributed by atoms with Crippen molar-refractivity contribution < 1.29 is 18.1 Å². The molecule has 1 aliphatic heterocycles. The number of benzene rings is 1. The molecule has 1 aromatic carbocycles. The highest BCUT2D eigenvalue weighted by Gasteiger charge is 2.27. The summed E-state index contributed by atoms with van der Waals surface area (Å²) < 4.78 is 31.6. The van der Waals surface area contributed by atoms with Gasteiger partial charge in [0, 0.05) is 25.8 Å². The summed E-state index contributed by atoms with van der Waals surface area (Å²) in [5, 5.41) is 10.8. The topological polar surface area (TPSA) is 128 Å². The lowest BCUT2D eigenvalue weighted by atomic mass is 10.3. The maximum Gasteiger partial charge on any atom is 0.293 e. The monoisotopic (exact) mass is 316 g/mol. The number of ether oxygens (including phenoxy) is 1. The number of nitrogens with one attached hydrogen (secondary N) is 1. The van der Waals surface area contributed by atoms with Crippen LogP contribution in [-0.2, 0) is 14.8 Å². The minimum absolute atomic E-state index is 0.0389. The lowest BCUT2D eigenvalue weighted by molar-refractivity contribution is -0.384. The predicted octanol–water partition coefficient (Wildman–Crippen LogP) is 0.291. The first kappa shape index (κ1) is 15.6. The molecule has 0 aromatic heterocycles. The first-order valence-corrected chi connectivity index (χ1v) is 7.74. The van der Waals surface area contributed by atoms with Gasteiger partial charge in [-0.2, -0.15) is 4.31 Å². The Kier molecular flexibility index (Phi) is 4.73. The van der Waals surface area contributed by atoms with Crippen LogP contribution in [0.3, 0.4) is 0 Å². The van der Waals surface area contributed by atoms with Crippen LogP contribution in [0.5, 0.6) is 0 Å². The Bertz CT molecular complexity index is 626. The maximum absolute atomic E-state index is 12.5. The second kappa shape index (κ2) is 6.35. The molecule has 1 aromatic rings. The Labute approximate surface area is 121 Å². The van der Waals surface area contributed by atoms with E-state index in [2.05, 4.69) is 5.43 Å². The van der Waals surface area contributed by atoms with E-state index >= 15 is 0 Å². The van der Waals surface area contributed by atoms with E-state index in [1.54, 1.807) is 0 Å². The summed E-state index contributed by atoms with van der Waals surface area (Å²) in [7, 11) is -3.73. The van der Waals surface area contributed by atoms with Gasteiger partial charge >= 0.3 is 0 Å². The molecular formula is C11H16N4O5S. The van der Waals surface area contributed by atoms with E-state index in [0.717, 1.165) is 6.07 Å². The fourth-order valence-corrected chi connectivity index (χ4v) is 3.55. The molecule has 1 fully saturated rings. The molecule has 0 aliphatic carbocycles. The normalized spacial score (nSPS) is 17.2. The summed E-state index contributed by atoms with van der Waals surface area (Å²) in [6.45, 7) is 1.45. The Morgan fingerprint density at radius 2 is 2.10 bits per heavy atom. The number of nitro groups is 1. The summed E-state index contributed by atoms with van der Waals surface area (Å²) in [6, 6.07) is 3.50. The summed E-state index contributed by atoms with van der Waals surface area (Å²) in [4.78, 5) is 10.1. The molecule has 9 nitrogen and oxygen atoms in total. The zero-order valence-electron chi connectivity index (χ0n) is 11.2. The number of hydrogen-bond acceptors (Lipinski definition) is 7. The van der Waals surface area contributed by atoms with Crippen LogP contribution in [-0.4, -0.2) is 43.9 Å². The van der Waals surface area contributed by atoms with Gasteiger partial charge in [0.2, 0.25) is 10.0 Å². The number of sulfonamides is 1. The van der Waals surface area contributed by atoms with E-state index in [1.807, 2.05) is 0 Å². The number of nitrogen functional groups attached to an aromatic ring is 1. The van der Waals surface area contributed by atoms with Crippen molar-refractivity contribution in [2.75, 3.05) is 31.7 Å². The minimum Gasteiger partial charge on any atom is -0.380 e. The van der Waals surface area contributed by atoms with Gasteiger partial charge in [0.05, 0.1) is 16.4 Å². The fraction of sp³-hybridized carbons (Fsp3) is 0.455. The second-order valence-corrected chi connectivity index (χ2v) is 6.39. The third kappa shape index (κ3) is 3.29. The highest BCUT2D eigenvalue weighted by atomic mass is 32.2. The van der Waals surface area contributed by atoms with Crippen LogP contribution in [0.25, 0.3) is 0 Å². The number of hydrogen-bond donors (Lipinski definition) is 2. The number of hydrazine groups is 1. The molecule has 0 unspecified atom stereocenters. The number of nitrogens with zero attached hydrogens (tertiary/aromatic N) is 2. The van der Waals surface area contributed by atoms with E-state index < -0.39 is 14.9 Å². The molecule has 0 atom stereocenters. The quantitative estimate of drug-likeness (QED) is 0.464. The Morgan fingerprint density at radius 3 is 2.76 bits per heavy atom. The van der Waals surface area contributed by atoms with Crippen molar-refractivity contribution in [3.05, 3.63) is 28.3 Å². The van der Waals surface area contributed by atoms with Crippen molar-refractivity contribution in [1.29, 1.82) is 0 Å². The average molecular weight is 316 g/mol.